The second-order valence-electron chi connectivity index (χ2n) is 4.04. The van der Waals surface area contributed by atoms with Crippen molar-refractivity contribution in [3.8, 4) is 0 Å². The normalized spacial score (nSPS) is 11.1. The number of nitrogens with one attached hydrogen (secondary N) is 1. The topological polar surface area (TPSA) is 46.2 Å². The Morgan fingerprint density at radius 3 is 2.05 bits per heavy atom. The summed E-state index contributed by atoms with van der Waals surface area (Å²) in [4.78, 5) is -0.470. The zero-order valence-electron chi connectivity index (χ0n) is 10.3. The summed E-state index contributed by atoms with van der Waals surface area (Å²) in [5, 5.41) is 0. The molecule has 0 aliphatic rings. The summed E-state index contributed by atoms with van der Waals surface area (Å²) in [6, 6.07) is 8.51. The molecule has 0 aromatic heterocycles. The highest BCUT2D eigenvalue weighted by atomic mass is 32.2. The van der Waals surface area contributed by atoms with Crippen LogP contribution in [0, 0.1) is 11.6 Å². The average Bonchev–Trinajstić information content (AvgIpc) is 2.38. The van der Waals surface area contributed by atoms with Gasteiger partial charge in [-0.3, -0.25) is 4.72 Å². The average molecular weight is 295 g/mol. The molecule has 0 atom stereocenters. The number of rotatable bonds is 4. The van der Waals surface area contributed by atoms with Crippen LogP contribution in [-0.2, 0) is 10.0 Å². The SMILES string of the molecule is C=Cc1ccc(NS(=O)(=O)c2cc(F)cc(F)c2)cc1. The first-order chi connectivity index (χ1) is 9.40. The second-order valence-corrected chi connectivity index (χ2v) is 5.72. The quantitative estimate of drug-likeness (QED) is 0.939. The maximum Gasteiger partial charge on any atom is 0.262 e. The lowest BCUT2D eigenvalue weighted by Gasteiger charge is -2.08. The van der Waals surface area contributed by atoms with Crippen molar-refractivity contribution in [3.63, 3.8) is 0 Å². The molecule has 6 heteroatoms. The highest BCUT2D eigenvalue weighted by Crippen LogP contribution is 2.18. The van der Waals surface area contributed by atoms with Crippen LogP contribution >= 0.6 is 0 Å². The van der Waals surface area contributed by atoms with Crippen LogP contribution in [0.4, 0.5) is 14.5 Å². The number of hydrogen-bond donors (Lipinski definition) is 1. The molecule has 3 nitrogen and oxygen atoms in total. The predicted octanol–water partition coefficient (Wildman–Crippen LogP) is 3.41. The van der Waals surface area contributed by atoms with E-state index in [2.05, 4.69) is 11.3 Å². The van der Waals surface area contributed by atoms with Gasteiger partial charge in [0.05, 0.1) is 4.90 Å². The van der Waals surface area contributed by atoms with Crippen molar-refractivity contribution in [2.24, 2.45) is 0 Å². The number of halogens is 2. The molecule has 0 amide bonds. The van der Waals surface area contributed by atoms with E-state index in [0.29, 0.717) is 11.8 Å². The predicted molar refractivity (Wildman–Crippen MR) is 73.7 cm³/mol. The largest absolute Gasteiger partial charge is 0.280 e. The van der Waals surface area contributed by atoms with Gasteiger partial charge in [0, 0.05) is 11.8 Å². The van der Waals surface area contributed by atoms with Gasteiger partial charge in [-0.1, -0.05) is 24.8 Å². The molecule has 0 radical (unpaired) electrons. The van der Waals surface area contributed by atoms with E-state index >= 15 is 0 Å². The van der Waals surface area contributed by atoms with Crippen molar-refractivity contribution >= 4 is 21.8 Å². The molecule has 0 unspecified atom stereocenters. The van der Waals surface area contributed by atoms with Gasteiger partial charge < -0.3 is 0 Å². The number of anilines is 1. The molecule has 20 heavy (non-hydrogen) atoms. The van der Waals surface area contributed by atoms with E-state index in [1.807, 2.05) is 0 Å². The Kier molecular flexibility index (Phi) is 3.85. The molecule has 0 fully saturated rings. The summed E-state index contributed by atoms with van der Waals surface area (Å²) in [5.41, 5.74) is 1.12. The molecule has 2 rings (SSSR count). The fourth-order valence-electron chi connectivity index (χ4n) is 1.59. The minimum atomic E-state index is -4.03. The van der Waals surface area contributed by atoms with E-state index in [-0.39, 0.29) is 0 Å². The molecule has 0 saturated carbocycles. The van der Waals surface area contributed by atoms with Gasteiger partial charge in [0.1, 0.15) is 11.6 Å². The first-order valence-electron chi connectivity index (χ1n) is 5.62. The Labute approximate surface area is 115 Å². The van der Waals surface area contributed by atoms with Gasteiger partial charge in [-0.15, -0.1) is 0 Å². The van der Waals surface area contributed by atoms with Crippen LogP contribution in [0.2, 0.25) is 0 Å². The van der Waals surface area contributed by atoms with Crippen LogP contribution in [0.1, 0.15) is 5.56 Å². The molecule has 0 bridgehead atoms. The van der Waals surface area contributed by atoms with Gasteiger partial charge in [0.15, 0.2) is 0 Å². The van der Waals surface area contributed by atoms with E-state index in [4.69, 9.17) is 0 Å². The van der Waals surface area contributed by atoms with Gasteiger partial charge in [-0.2, -0.15) is 0 Å². The molecule has 104 valence electrons. The number of sulfonamides is 1. The summed E-state index contributed by atoms with van der Waals surface area (Å²) in [6.07, 6.45) is 1.61. The third-order valence-corrected chi connectivity index (χ3v) is 3.91. The van der Waals surface area contributed by atoms with Crippen LogP contribution in [0.5, 0.6) is 0 Å². The van der Waals surface area contributed by atoms with Crippen molar-refractivity contribution in [2.45, 2.75) is 4.90 Å². The van der Waals surface area contributed by atoms with Gasteiger partial charge in [-0.25, -0.2) is 17.2 Å². The fourth-order valence-corrected chi connectivity index (χ4v) is 2.68. The molecule has 0 aliphatic heterocycles. The number of benzene rings is 2. The van der Waals surface area contributed by atoms with Crippen LogP contribution in [0.25, 0.3) is 6.08 Å². The second kappa shape index (κ2) is 5.42. The summed E-state index contributed by atoms with van der Waals surface area (Å²) in [5.74, 6) is -1.90. The summed E-state index contributed by atoms with van der Waals surface area (Å²) in [6.45, 7) is 3.58. The minimum Gasteiger partial charge on any atom is -0.280 e. The molecule has 0 heterocycles. The Bertz CT molecular complexity index is 720. The van der Waals surface area contributed by atoms with Crippen molar-refractivity contribution in [1.82, 2.24) is 0 Å². The zero-order chi connectivity index (χ0) is 14.8. The maximum absolute atomic E-state index is 13.1. The molecular formula is C14H11F2NO2S. The lowest BCUT2D eigenvalue weighted by molar-refractivity contribution is 0.568. The van der Waals surface area contributed by atoms with Crippen molar-refractivity contribution in [3.05, 3.63) is 66.2 Å². The van der Waals surface area contributed by atoms with Gasteiger partial charge >= 0.3 is 0 Å². The van der Waals surface area contributed by atoms with Crippen LogP contribution in [-0.4, -0.2) is 8.42 Å². The van der Waals surface area contributed by atoms with Crippen LogP contribution < -0.4 is 4.72 Å². The fraction of sp³-hybridized carbons (Fsp3) is 0. The molecule has 2 aromatic rings. The van der Waals surface area contributed by atoms with E-state index < -0.39 is 26.6 Å². The maximum atomic E-state index is 13.1. The van der Waals surface area contributed by atoms with E-state index in [1.165, 1.54) is 12.1 Å². The first kappa shape index (κ1) is 14.2. The molecule has 0 aliphatic carbocycles. The van der Waals surface area contributed by atoms with E-state index in [0.717, 1.165) is 17.7 Å². The third-order valence-electron chi connectivity index (χ3n) is 2.54. The molecule has 0 spiro atoms. The van der Waals surface area contributed by atoms with Gasteiger partial charge in [-0.05, 0) is 29.8 Å². The molecule has 2 aromatic carbocycles. The van der Waals surface area contributed by atoms with Crippen molar-refractivity contribution < 1.29 is 17.2 Å². The summed E-state index contributed by atoms with van der Waals surface area (Å²) < 4.78 is 52.3. The smallest absolute Gasteiger partial charge is 0.262 e. The lowest BCUT2D eigenvalue weighted by Crippen LogP contribution is -2.13. The zero-order valence-corrected chi connectivity index (χ0v) is 11.1. The summed E-state index contributed by atoms with van der Waals surface area (Å²) >= 11 is 0. The third kappa shape index (κ3) is 3.21. The van der Waals surface area contributed by atoms with Crippen molar-refractivity contribution in [2.75, 3.05) is 4.72 Å². The Balaban J connectivity index is 2.32. The van der Waals surface area contributed by atoms with Crippen molar-refractivity contribution in [1.29, 1.82) is 0 Å². The van der Waals surface area contributed by atoms with Crippen LogP contribution in [0.15, 0.2) is 53.9 Å². The van der Waals surface area contributed by atoms with Gasteiger partial charge in [0.2, 0.25) is 0 Å². The minimum absolute atomic E-state index is 0.292. The monoisotopic (exact) mass is 295 g/mol. The molecule has 0 saturated heterocycles. The molecular weight excluding hydrogens is 284 g/mol. The van der Waals surface area contributed by atoms with E-state index in [9.17, 15) is 17.2 Å². The Hall–Kier alpha value is -2.21. The first-order valence-corrected chi connectivity index (χ1v) is 7.10. The standard InChI is InChI=1S/C14H11F2NO2S/c1-2-10-3-5-13(6-4-10)17-20(18,19)14-8-11(15)7-12(16)9-14/h2-9,17H,1H2. The van der Waals surface area contributed by atoms with E-state index in [1.54, 1.807) is 18.2 Å². The molecule has 1 N–H and O–H groups in total. The number of hydrogen-bond acceptors (Lipinski definition) is 2. The highest BCUT2D eigenvalue weighted by molar-refractivity contribution is 7.92. The van der Waals surface area contributed by atoms with Crippen LogP contribution in [0.3, 0.4) is 0 Å². The van der Waals surface area contributed by atoms with Gasteiger partial charge in [0.25, 0.3) is 10.0 Å². The highest BCUT2D eigenvalue weighted by Gasteiger charge is 2.16. The lowest BCUT2D eigenvalue weighted by atomic mass is 10.2. The Morgan fingerprint density at radius 1 is 1.00 bits per heavy atom. The summed E-state index contributed by atoms with van der Waals surface area (Å²) in [7, 11) is -4.03. The Morgan fingerprint density at radius 2 is 1.55 bits per heavy atom.